The molecule has 37 heavy (non-hydrogen) atoms. The molecule has 0 atom stereocenters. The average molecular weight is 513 g/mol. The smallest absolute Gasteiger partial charge is 0.416 e. The second kappa shape index (κ2) is 9.69. The van der Waals surface area contributed by atoms with Crippen LogP contribution in [-0.4, -0.2) is 37.8 Å². The molecule has 4 rings (SSSR count). The van der Waals surface area contributed by atoms with Crippen molar-refractivity contribution in [1.82, 2.24) is 4.57 Å². The van der Waals surface area contributed by atoms with Crippen molar-refractivity contribution in [2.45, 2.75) is 19.0 Å². The van der Waals surface area contributed by atoms with Crippen molar-refractivity contribution in [2.75, 3.05) is 0 Å². The molecule has 0 bridgehead atoms. The maximum atomic E-state index is 12.8. The third-order valence-corrected chi connectivity index (χ3v) is 5.54. The quantitative estimate of drug-likeness (QED) is 0.288. The van der Waals surface area contributed by atoms with Gasteiger partial charge in [-0.1, -0.05) is 12.1 Å². The molecule has 0 spiro atoms. The van der Waals surface area contributed by atoms with E-state index in [1.165, 1.54) is 22.8 Å². The van der Waals surface area contributed by atoms with E-state index in [4.69, 9.17) is 9.84 Å². The van der Waals surface area contributed by atoms with Crippen LogP contribution >= 0.6 is 0 Å². The molecule has 1 heterocycles. The Labute approximate surface area is 206 Å². The Morgan fingerprint density at radius 2 is 1.38 bits per heavy atom. The van der Waals surface area contributed by atoms with E-state index < -0.39 is 36.1 Å². The number of benzene rings is 3. The first-order valence-corrected chi connectivity index (χ1v) is 10.7. The van der Waals surface area contributed by atoms with Gasteiger partial charge in [-0.25, -0.2) is 4.79 Å². The Kier molecular flexibility index (Phi) is 6.62. The lowest BCUT2D eigenvalue weighted by atomic mass is 10.1. The van der Waals surface area contributed by atoms with Gasteiger partial charge in [-0.3, -0.25) is 9.59 Å². The Bertz CT molecular complexity index is 1500. The zero-order valence-electron chi connectivity index (χ0n) is 18.8. The second-order valence-corrected chi connectivity index (χ2v) is 8.07. The van der Waals surface area contributed by atoms with E-state index in [0.717, 1.165) is 24.3 Å². The fourth-order valence-electron chi connectivity index (χ4n) is 4.02. The summed E-state index contributed by atoms with van der Waals surface area (Å²) in [6.45, 7) is 0. The molecule has 0 amide bonds. The number of carboxylic acids is 3. The number of hydrogen-bond donors (Lipinski definition) is 3. The van der Waals surface area contributed by atoms with Crippen LogP contribution in [-0.2, 0) is 28.6 Å². The van der Waals surface area contributed by atoms with Crippen LogP contribution in [0.1, 0.15) is 27.2 Å². The number of alkyl halides is 3. The highest BCUT2D eigenvalue weighted by Crippen LogP contribution is 2.35. The number of aliphatic carboxylic acids is 2. The lowest BCUT2D eigenvalue weighted by Gasteiger charge is -2.12. The molecule has 0 aliphatic heterocycles. The lowest BCUT2D eigenvalue weighted by Crippen LogP contribution is -2.11. The molecule has 3 aromatic carbocycles. The first-order chi connectivity index (χ1) is 17.4. The van der Waals surface area contributed by atoms with Gasteiger partial charge in [-0.15, -0.1) is 0 Å². The SMILES string of the molecule is O=C(O)Cc1ccc(-n2c(CC(=O)O)c(C(=O)O)c3cc(Oc4ccc(C(F)(F)F)cc4)ccc32)cc1. The van der Waals surface area contributed by atoms with Gasteiger partial charge in [-0.05, 0) is 60.2 Å². The van der Waals surface area contributed by atoms with Crippen molar-refractivity contribution in [3.63, 3.8) is 0 Å². The summed E-state index contributed by atoms with van der Waals surface area (Å²) in [6.07, 6.45) is -5.36. The molecular weight excluding hydrogens is 495 g/mol. The Balaban J connectivity index is 1.82. The van der Waals surface area contributed by atoms with Crippen LogP contribution in [0.4, 0.5) is 13.2 Å². The summed E-state index contributed by atoms with van der Waals surface area (Å²) in [6, 6.07) is 14.5. The van der Waals surface area contributed by atoms with E-state index >= 15 is 0 Å². The number of hydrogen-bond acceptors (Lipinski definition) is 4. The van der Waals surface area contributed by atoms with E-state index in [2.05, 4.69) is 0 Å². The highest BCUT2D eigenvalue weighted by atomic mass is 19.4. The number of ether oxygens (including phenoxy) is 1. The van der Waals surface area contributed by atoms with Gasteiger partial charge in [0.15, 0.2) is 0 Å². The number of rotatable bonds is 8. The first-order valence-electron chi connectivity index (χ1n) is 10.7. The van der Waals surface area contributed by atoms with Crippen LogP contribution in [0.25, 0.3) is 16.6 Å². The maximum absolute atomic E-state index is 12.8. The number of halogens is 3. The zero-order valence-corrected chi connectivity index (χ0v) is 18.8. The van der Waals surface area contributed by atoms with E-state index in [-0.39, 0.29) is 34.6 Å². The van der Waals surface area contributed by atoms with Crippen LogP contribution in [0.5, 0.6) is 11.5 Å². The number of aromatic nitrogens is 1. The number of fused-ring (bicyclic) bond motifs is 1. The van der Waals surface area contributed by atoms with Crippen molar-refractivity contribution in [3.05, 3.63) is 89.1 Å². The van der Waals surface area contributed by atoms with Crippen molar-refractivity contribution >= 4 is 28.8 Å². The molecule has 0 saturated carbocycles. The van der Waals surface area contributed by atoms with E-state index in [9.17, 15) is 37.8 Å². The molecule has 0 radical (unpaired) electrons. The zero-order chi connectivity index (χ0) is 26.9. The summed E-state index contributed by atoms with van der Waals surface area (Å²) in [5, 5.41) is 28.6. The van der Waals surface area contributed by atoms with Crippen LogP contribution in [0.15, 0.2) is 66.7 Å². The molecule has 4 aromatic rings. The van der Waals surface area contributed by atoms with Gasteiger partial charge in [-0.2, -0.15) is 13.2 Å². The minimum atomic E-state index is -4.51. The highest BCUT2D eigenvalue weighted by molar-refractivity contribution is 6.07. The fourth-order valence-corrected chi connectivity index (χ4v) is 4.02. The van der Waals surface area contributed by atoms with E-state index in [1.54, 1.807) is 24.3 Å². The van der Waals surface area contributed by atoms with E-state index in [0.29, 0.717) is 16.8 Å². The van der Waals surface area contributed by atoms with Crippen LogP contribution < -0.4 is 4.74 Å². The minimum absolute atomic E-state index is 0.0207. The predicted molar refractivity (Wildman–Crippen MR) is 124 cm³/mol. The summed E-state index contributed by atoms with van der Waals surface area (Å²) in [7, 11) is 0. The summed E-state index contributed by atoms with van der Waals surface area (Å²) in [5.74, 6) is -3.46. The van der Waals surface area contributed by atoms with Gasteiger partial charge >= 0.3 is 24.1 Å². The Hall–Kier alpha value is -4.80. The molecule has 8 nitrogen and oxygen atoms in total. The second-order valence-electron chi connectivity index (χ2n) is 8.07. The highest BCUT2D eigenvalue weighted by Gasteiger charge is 2.30. The average Bonchev–Trinajstić information content (AvgIpc) is 3.11. The molecule has 190 valence electrons. The molecule has 11 heteroatoms. The first kappa shape index (κ1) is 25.3. The fraction of sp³-hybridized carbons (Fsp3) is 0.115. The van der Waals surface area contributed by atoms with Gasteiger partial charge in [0.2, 0.25) is 0 Å². The Morgan fingerprint density at radius 1 is 0.784 bits per heavy atom. The van der Waals surface area contributed by atoms with Gasteiger partial charge in [0, 0.05) is 16.8 Å². The summed E-state index contributed by atoms with van der Waals surface area (Å²) < 4.78 is 45.6. The summed E-state index contributed by atoms with van der Waals surface area (Å²) >= 11 is 0. The number of carboxylic acid groups (broad SMARTS) is 3. The normalized spacial score (nSPS) is 11.4. The molecule has 0 saturated heterocycles. The molecule has 3 N–H and O–H groups in total. The van der Waals surface area contributed by atoms with Gasteiger partial charge in [0.25, 0.3) is 0 Å². The van der Waals surface area contributed by atoms with Crippen molar-refractivity contribution < 1.29 is 47.6 Å². The summed E-state index contributed by atoms with van der Waals surface area (Å²) in [4.78, 5) is 34.8. The Morgan fingerprint density at radius 3 is 1.92 bits per heavy atom. The third kappa shape index (κ3) is 5.40. The molecule has 1 aromatic heterocycles. The van der Waals surface area contributed by atoms with Crippen molar-refractivity contribution in [3.8, 4) is 17.2 Å². The number of nitrogens with zero attached hydrogens (tertiary/aromatic N) is 1. The van der Waals surface area contributed by atoms with Gasteiger partial charge in [0.1, 0.15) is 11.5 Å². The van der Waals surface area contributed by atoms with Crippen molar-refractivity contribution in [1.29, 1.82) is 0 Å². The van der Waals surface area contributed by atoms with Crippen molar-refractivity contribution in [2.24, 2.45) is 0 Å². The minimum Gasteiger partial charge on any atom is -0.481 e. The third-order valence-electron chi connectivity index (χ3n) is 5.54. The monoisotopic (exact) mass is 513 g/mol. The molecule has 0 aliphatic carbocycles. The van der Waals surface area contributed by atoms with Crippen LogP contribution in [0.2, 0.25) is 0 Å². The molecule has 0 fully saturated rings. The van der Waals surface area contributed by atoms with Gasteiger partial charge < -0.3 is 24.6 Å². The largest absolute Gasteiger partial charge is 0.481 e. The van der Waals surface area contributed by atoms with Crippen LogP contribution in [0.3, 0.4) is 0 Å². The lowest BCUT2D eigenvalue weighted by molar-refractivity contribution is -0.138. The maximum Gasteiger partial charge on any atom is 0.416 e. The number of aromatic carboxylic acids is 1. The summed E-state index contributed by atoms with van der Waals surface area (Å²) in [5.41, 5.74) is 0.114. The van der Waals surface area contributed by atoms with Gasteiger partial charge in [0.05, 0.1) is 29.5 Å². The molecular formula is C26H18F3NO7. The van der Waals surface area contributed by atoms with E-state index in [1.807, 2.05) is 0 Å². The molecule has 0 unspecified atom stereocenters. The number of carbonyl (C=O) groups is 3. The predicted octanol–water partition coefficient (Wildman–Crippen LogP) is 5.39. The standard InChI is InChI=1S/C26H18F3NO7/c27-26(28,29)15-3-7-17(8-4-15)37-18-9-10-20-19(12-18)24(25(35)36)21(13-23(33)34)30(20)16-5-1-14(2-6-16)11-22(31)32/h1-10,12H,11,13H2,(H,31,32)(H,33,34)(H,35,36). The molecule has 0 aliphatic rings. The van der Waals surface area contributed by atoms with Crippen LogP contribution in [0, 0.1) is 0 Å². The topological polar surface area (TPSA) is 126 Å².